The highest BCUT2D eigenvalue weighted by Gasteiger charge is 2.10. The maximum absolute atomic E-state index is 8.52. The Morgan fingerprint density at radius 2 is 2.27 bits per heavy atom. The average molecular weight is 168 g/mol. The van der Waals surface area contributed by atoms with Gasteiger partial charge in [0.25, 0.3) is 0 Å². The summed E-state index contributed by atoms with van der Waals surface area (Å²) in [5.41, 5.74) is 1.55. The van der Waals surface area contributed by atoms with Crippen LogP contribution < -0.4 is 0 Å². The molecule has 0 radical (unpaired) electrons. The first kappa shape index (κ1) is 8.03. The van der Waals surface area contributed by atoms with E-state index in [4.69, 9.17) is 17.0 Å². The van der Waals surface area contributed by atoms with Crippen molar-refractivity contribution in [3.8, 4) is 0 Å². The van der Waals surface area contributed by atoms with Crippen molar-refractivity contribution < 1.29 is 0 Å². The van der Waals surface area contributed by atoms with Crippen LogP contribution in [0, 0.1) is 5.39 Å². The predicted octanol–water partition coefficient (Wildman–Crippen LogP) is 3.39. The first-order chi connectivity index (χ1) is 5.27. The lowest BCUT2D eigenvalue weighted by atomic mass is 10.1. The second-order valence-electron chi connectivity index (χ2n) is 2.23. The molecular weight excluding hydrogens is 160 g/mol. The van der Waals surface area contributed by atoms with Crippen LogP contribution in [0.1, 0.15) is 12.5 Å². The molecule has 0 N–H and O–H groups in total. The molecule has 0 aliphatic heterocycles. The highest BCUT2D eigenvalue weighted by Crippen LogP contribution is 2.23. The molecule has 0 spiro atoms. The summed E-state index contributed by atoms with van der Waals surface area (Å²) >= 11 is 5.73. The highest BCUT2D eigenvalue weighted by atomic mass is 35.5. The van der Waals surface area contributed by atoms with Gasteiger partial charge in [-0.25, -0.2) is 0 Å². The van der Waals surface area contributed by atoms with Gasteiger partial charge in [0.15, 0.2) is 4.98 Å². The van der Waals surface area contributed by atoms with Crippen molar-refractivity contribution in [3.63, 3.8) is 0 Å². The topological polar surface area (TPSA) is 28.1 Å². The van der Waals surface area contributed by atoms with Crippen LogP contribution in [0.2, 0.25) is 5.02 Å². The Kier molecular flexibility index (Phi) is 2.45. The lowest BCUT2D eigenvalue weighted by Crippen LogP contribution is -1.78. The number of hydrogen-bond donors (Lipinski definition) is 0. The van der Waals surface area contributed by atoms with Crippen molar-refractivity contribution >= 4 is 17.3 Å². The summed E-state index contributed by atoms with van der Waals surface area (Å²) in [6.45, 7) is 1.99. The standard InChI is InChI=1S/C8H8ClN2/c1-2-6-5-7(9)3-4-8(6)11-10/h3-5H,2H2,1H3/q+1. The summed E-state index contributed by atoms with van der Waals surface area (Å²) in [5, 5.41) is 9.20. The van der Waals surface area contributed by atoms with Crippen molar-refractivity contribution in [1.29, 1.82) is 5.39 Å². The fourth-order valence-electron chi connectivity index (χ4n) is 0.935. The van der Waals surface area contributed by atoms with Gasteiger partial charge in [-0.05, 0) is 18.6 Å². The third-order valence-electron chi connectivity index (χ3n) is 1.53. The second-order valence-corrected chi connectivity index (χ2v) is 2.66. The van der Waals surface area contributed by atoms with E-state index in [0.717, 1.165) is 12.0 Å². The molecule has 0 unspecified atom stereocenters. The minimum Gasteiger partial charge on any atom is -0.0843 e. The van der Waals surface area contributed by atoms with Gasteiger partial charge in [0.2, 0.25) is 5.39 Å². The van der Waals surface area contributed by atoms with E-state index >= 15 is 0 Å². The lowest BCUT2D eigenvalue weighted by molar-refractivity contribution is 1.14. The molecule has 2 nitrogen and oxygen atoms in total. The van der Waals surface area contributed by atoms with E-state index in [2.05, 4.69) is 4.98 Å². The van der Waals surface area contributed by atoms with Gasteiger partial charge in [-0.15, -0.1) is 0 Å². The maximum Gasteiger partial charge on any atom is 0.388 e. The monoisotopic (exact) mass is 167 g/mol. The van der Waals surface area contributed by atoms with Crippen molar-refractivity contribution in [2.24, 2.45) is 0 Å². The van der Waals surface area contributed by atoms with E-state index in [1.807, 2.05) is 6.92 Å². The molecule has 3 heteroatoms. The van der Waals surface area contributed by atoms with Crippen LogP contribution in [0.3, 0.4) is 0 Å². The SMILES string of the molecule is CCc1cc(Cl)ccc1[N+]#N. The van der Waals surface area contributed by atoms with Gasteiger partial charge in [0.1, 0.15) is 0 Å². The first-order valence-electron chi connectivity index (χ1n) is 3.41. The van der Waals surface area contributed by atoms with Crippen LogP contribution in [0.15, 0.2) is 18.2 Å². The van der Waals surface area contributed by atoms with E-state index in [0.29, 0.717) is 10.7 Å². The van der Waals surface area contributed by atoms with Crippen LogP contribution in [-0.4, -0.2) is 0 Å². The molecule has 56 valence electrons. The molecule has 0 atom stereocenters. The Balaban J connectivity index is 3.19. The third kappa shape index (κ3) is 1.69. The van der Waals surface area contributed by atoms with E-state index in [1.165, 1.54) is 0 Å². The zero-order valence-corrected chi connectivity index (χ0v) is 6.97. The summed E-state index contributed by atoms with van der Waals surface area (Å²) in [4.78, 5) is 3.12. The Morgan fingerprint density at radius 1 is 1.55 bits per heavy atom. The van der Waals surface area contributed by atoms with Gasteiger partial charge >= 0.3 is 5.69 Å². The Bertz CT molecular complexity index is 301. The van der Waals surface area contributed by atoms with E-state index in [-0.39, 0.29) is 0 Å². The molecule has 1 rings (SSSR count). The highest BCUT2D eigenvalue weighted by molar-refractivity contribution is 6.30. The Morgan fingerprint density at radius 3 is 2.82 bits per heavy atom. The fraction of sp³-hybridized carbons (Fsp3) is 0.250. The molecule has 1 aromatic rings. The van der Waals surface area contributed by atoms with Gasteiger partial charge < -0.3 is 0 Å². The molecule has 0 saturated carbocycles. The number of benzene rings is 1. The number of nitrogens with zero attached hydrogens (tertiary/aromatic N) is 2. The summed E-state index contributed by atoms with van der Waals surface area (Å²) in [6.07, 6.45) is 0.819. The maximum atomic E-state index is 8.52. The van der Waals surface area contributed by atoms with Crippen LogP contribution in [-0.2, 0) is 6.42 Å². The number of diazo groups is 1. The third-order valence-corrected chi connectivity index (χ3v) is 1.77. The van der Waals surface area contributed by atoms with Crippen LogP contribution in [0.5, 0.6) is 0 Å². The molecule has 1 aromatic carbocycles. The number of rotatable bonds is 1. The molecule has 0 aliphatic rings. The summed E-state index contributed by atoms with van der Waals surface area (Å²) in [5.74, 6) is 0. The van der Waals surface area contributed by atoms with Gasteiger partial charge in [0.05, 0.1) is 0 Å². The minimum absolute atomic E-state index is 0.594. The zero-order chi connectivity index (χ0) is 8.27. The smallest absolute Gasteiger partial charge is 0.0843 e. The van der Waals surface area contributed by atoms with Crippen LogP contribution in [0.4, 0.5) is 5.69 Å². The van der Waals surface area contributed by atoms with Crippen molar-refractivity contribution in [1.82, 2.24) is 0 Å². The molecule has 11 heavy (non-hydrogen) atoms. The van der Waals surface area contributed by atoms with Crippen LogP contribution in [0.25, 0.3) is 4.98 Å². The molecular formula is C8H8ClN2+. The first-order valence-corrected chi connectivity index (χ1v) is 3.79. The van der Waals surface area contributed by atoms with E-state index < -0.39 is 0 Å². The summed E-state index contributed by atoms with van der Waals surface area (Å²) in [6, 6.07) is 5.20. The number of halogens is 1. The van der Waals surface area contributed by atoms with Gasteiger partial charge in [0, 0.05) is 16.7 Å². The lowest BCUT2D eigenvalue weighted by Gasteiger charge is -1.91. The van der Waals surface area contributed by atoms with Crippen molar-refractivity contribution in [2.45, 2.75) is 13.3 Å². The Labute approximate surface area is 70.4 Å². The Hall–Kier alpha value is -1.07. The second kappa shape index (κ2) is 3.36. The van der Waals surface area contributed by atoms with Gasteiger partial charge in [-0.2, -0.15) is 0 Å². The zero-order valence-electron chi connectivity index (χ0n) is 6.21. The molecule has 0 heterocycles. The fourth-order valence-corrected chi connectivity index (χ4v) is 1.13. The summed E-state index contributed by atoms with van der Waals surface area (Å²) < 4.78 is 0. The van der Waals surface area contributed by atoms with Crippen LogP contribution >= 0.6 is 11.6 Å². The van der Waals surface area contributed by atoms with E-state index in [9.17, 15) is 0 Å². The predicted molar refractivity (Wildman–Crippen MR) is 45.6 cm³/mol. The van der Waals surface area contributed by atoms with Gasteiger partial charge in [-0.1, -0.05) is 18.5 Å². The van der Waals surface area contributed by atoms with E-state index in [1.54, 1.807) is 18.2 Å². The summed E-state index contributed by atoms with van der Waals surface area (Å²) in [7, 11) is 0. The molecule has 0 bridgehead atoms. The minimum atomic E-state index is 0.594. The molecule has 0 amide bonds. The number of aryl methyl sites for hydroxylation is 1. The molecule has 0 fully saturated rings. The van der Waals surface area contributed by atoms with Crippen molar-refractivity contribution in [3.05, 3.63) is 33.8 Å². The van der Waals surface area contributed by atoms with Gasteiger partial charge in [-0.3, -0.25) is 0 Å². The van der Waals surface area contributed by atoms with Crippen molar-refractivity contribution in [2.75, 3.05) is 0 Å². The quantitative estimate of drug-likeness (QED) is 0.590. The number of hydrogen-bond acceptors (Lipinski definition) is 1. The molecule has 0 saturated heterocycles. The molecule has 0 aromatic heterocycles. The normalized spacial score (nSPS) is 9.18. The molecule has 0 aliphatic carbocycles. The largest absolute Gasteiger partial charge is 0.388 e. The average Bonchev–Trinajstić information content (AvgIpc) is 2.04.